The minimum absolute atomic E-state index is 0.483. The van der Waals surface area contributed by atoms with Gasteiger partial charge >= 0.3 is 0 Å². The summed E-state index contributed by atoms with van der Waals surface area (Å²) >= 11 is 6.02. The van der Waals surface area contributed by atoms with E-state index >= 15 is 0 Å². The molecular formula is C18H14ClN5O. The minimum atomic E-state index is 0.483. The van der Waals surface area contributed by atoms with Crippen LogP contribution in [0.5, 0.6) is 5.75 Å². The van der Waals surface area contributed by atoms with Gasteiger partial charge in [-0.1, -0.05) is 17.7 Å². The monoisotopic (exact) mass is 351 g/mol. The van der Waals surface area contributed by atoms with Gasteiger partial charge in [0, 0.05) is 34.9 Å². The van der Waals surface area contributed by atoms with E-state index in [2.05, 4.69) is 25.3 Å². The van der Waals surface area contributed by atoms with Crippen LogP contribution in [-0.2, 0) is 0 Å². The quantitative estimate of drug-likeness (QED) is 0.569. The van der Waals surface area contributed by atoms with Gasteiger partial charge < -0.3 is 15.0 Å². The zero-order chi connectivity index (χ0) is 17.2. The topological polar surface area (TPSA) is 75.7 Å². The Morgan fingerprint density at radius 1 is 1.12 bits per heavy atom. The lowest BCUT2D eigenvalue weighted by molar-refractivity contribution is 0.419. The number of benzene rings is 1. The molecule has 0 bridgehead atoms. The van der Waals surface area contributed by atoms with Crippen molar-refractivity contribution in [2.75, 3.05) is 12.4 Å². The van der Waals surface area contributed by atoms with E-state index in [1.165, 1.54) is 0 Å². The highest BCUT2D eigenvalue weighted by Crippen LogP contribution is 2.33. The van der Waals surface area contributed by atoms with Crippen LogP contribution in [-0.4, -0.2) is 27.0 Å². The average Bonchev–Trinajstić information content (AvgIpc) is 3.06. The fraction of sp³-hybridized carbons (Fsp3) is 0.0556. The predicted octanol–water partition coefficient (Wildman–Crippen LogP) is 4.43. The summed E-state index contributed by atoms with van der Waals surface area (Å²) in [5.41, 5.74) is 3.23. The maximum absolute atomic E-state index is 6.02. The van der Waals surface area contributed by atoms with Gasteiger partial charge in [-0.2, -0.15) is 0 Å². The van der Waals surface area contributed by atoms with E-state index in [0.29, 0.717) is 11.0 Å². The Bertz CT molecular complexity index is 1050. The van der Waals surface area contributed by atoms with E-state index < -0.39 is 0 Å². The summed E-state index contributed by atoms with van der Waals surface area (Å²) in [6.07, 6.45) is 5.27. The molecule has 3 aromatic heterocycles. The molecule has 124 valence electrons. The predicted molar refractivity (Wildman–Crippen MR) is 98.4 cm³/mol. The normalized spacial score (nSPS) is 10.8. The molecule has 4 rings (SSSR count). The lowest BCUT2D eigenvalue weighted by atomic mass is 10.1. The molecule has 0 aliphatic rings. The molecule has 2 N–H and O–H groups in total. The summed E-state index contributed by atoms with van der Waals surface area (Å²) < 4.78 is 5.45. The molecule has 0 radical (unpaired) electrons. The van der Waals surface area contributed by atoms with E-state index in [4.69, 9.17) is 16.3 Å². The van der Waals surface area contributed by atoms with Gasteiger partial charge in [0.1, 0.15) is 11.4 Å². The molecule has 0 aliphatic heterocycles. The summed E-state index contributed by atoms with van der Waals surface area (Å²) in [7, 11) is 1.64. The third-order valence-electron chi connectivity index (χ3n) is 3.77. The Morgan fingerprint density at radius 2 is 2.00 bits per heavy atom. The summed E-state index contributed by atoms with van der Waals surface area (Å²) in [6.45, 7) is 0. The molecule has 6 nitrogen and oxygen atoms in total. The number of hydrogen-bond acceptors (Lipinski definition) is 5. The van der Waals surface area contributed by atoms with E-state index in [9.17, 15) is 0 Å². The molecular weight excluding hydrogens is 338 g/mol. The molecule has 3 heterocycles. The highest BCUT2D eigenvalue weighted by Gasteiger charge is 2.13. The first-order chi connectivity index (χ1) is 12.2. The molecule has 4 aromatic rings. The van der Waals surface area contributed by atoms with Crippen LogP contribution in [0.3, 0.4) is 0 Å². The summed E-state index contributed by atoms with van der Waals surface area (Å²) in [4.78, 5) is 16.3. The number of anilines is 2. The number of aromatic amines is 1. The summed E-state index contributed by atoms with van der Waals surface area (Å²) in [5.74, 6) is 1.22. The Balaban J connectivity index is 1.75. The molecule has 1 aromatic carbocycles. The zero-order valence-electron chi connectivity index (χ0n) is 13.3. The van der Waals surface area contributed by atoms with Gasteiger partial charge in [0.2, 0.25) is 5.95 Å². The first-order valence-electron chi connectivity index (χ1n) is 7.60. The average molecular weight is 352 g/mol. The second-order valence-corrected chi connectivity index (χ2v) is 5.78. The lowest BCUT2D eigenvalue weighted by Crippen LogP contribution is -1.97. The van der Waals surface area contributed by atoms with Crippen LogP contribution < -0.4 is 10.1 Å². The Kier molecular flexibility index (Phi) is 3.95. The third kappa shape index (κ3) is 2.99. The number of rotatable bonds is 4. The number of halogens is 1. The highest BCUT2D eigenvalue weighted by molar-refractivity contribution is 6.30. The molecule has 0 amide bonds. The molecule has 7 heteroatoms. The number of hydrogen-bond donors (Lipinski definition) is 2. The zero-order valence-corrected chi connectivity index (χ0v) is 14.1. The molecule has 0 saturated carbocycles. The first-order valence-corrected chi connectivity index (χ1v) is 7.98. The number of nitrogens with one attached hydrogen (secondary N) is 2. The Labute approximate surface area is 148 Å². The number of pyridine rings is 1. The number of aromatic nitrogens is 4. The smallest absolute Gasteiger partial charge is 0.227 e. The van der Waals surface area contributed by atoms with Crippen molar-refractivity contribution >= 4 is 34.3 Å². The lowest BCUT2D eigenvalue weighted by Gasteiger charge is -2.07. The molecule has 0 saturated heterocycles. The van der Waals surface area contributed by atoms with Crippen molar-refractivity contribution in [2.45, 2.75) is 0 Å². The van der Waals surface area contributed by atoms with Crippen molar-refractivity contribution in [1.82, 2.24) is 19.9 Å². The summed E-state index contributed by atoms with van der Waals surface area (Å²) in [6, 6.07) is 11.1. The molecule has 0 unspecified atom stereocenters. The van der Waals surface area contributed by atoms with Crippen LogP contribution in [0.25, 0.3) is 22.3 Å². The minimum Gasteiger partial charge on any atom is -0.496 e. The van der Waals surface area contributed by atoms with Gasteiger partial charge in [-0.15, -0.1) is 0 Å². The van der Waals surface area contributed by atoms with Crippen LogP contribution in [0.2, 0.25) is 5.02 Å². The van der Waals surface area contributed by atoms with Crippen LogP contribution in [0.4, 0.5) is 11.6 Å². The maximum Gasteiger partial charge on any atom is 0.227 e. The van der Waals surface area contributed by atoms with Crippen LogP contribution in [0.15, 0.2) is 55.0 Å². The summed E-state index contributed by atoms with van der Waals surface area (Å²) in [5, 5.41) is 4.69. The van der Waals surface area contributed by atoms with Gasteiger partial charge in [0.05, 0.1) is 18.2 Å². The molecule has 0 aliphatic carbocycles. The fourth-order valence-corrected chi connectivity index (χ4v) is 2.85. The van der Waals surface area contributed by atoms with Gasteiger partial charge in [0.15, 0.2) is 0 Å². The first kappa shape index (κ1) is 15.4. The van der Waals surface area contributed by atoms with Crippen molar-refractivity contribution in [1.29, 1.82) is 0 Å². The van der Waals surface area contributed by atoms with Gasteiger partial charge in [-0.05, 0) is 30.3 Å². The molecule has 0 fully saturated rings. The van der Waals surface area contributed by atoms with Crippen molar-refractivity contribution in [3.05, 3.63) is 60.0 Å². The second-order valence-electron chi connectivity index (χ2n) is 5.34. The Morgan fingerprint density at radius 3 is 2.84 bits per heavy atom. The van der Waals surface area contributed by atoms with E-state index in [-0.39, 0.29) is 0 Å². The van der Waals surface area contributed by atoms with E-state index in [0.717, 1.165) is 33.7 Å². The number of nitrogens with zero attached hydrogens (tertiary/aromatic N) is 3. The van der Waals surface area contributed by atoms with Crippen molar-refractivity contribution in [3.63, 3.8) is 0 Å². The fourth-order valence-electron chi connectivity index (χ4n) is 2.66. The largest absolute Gasteiger partial charge is 0.496 e. The maximum atomic E-state index is 6.02. The number of methoxy groups -OCH3 is 1. The number of fused-ring (bicyclic) bond motifs is 1. The highest BCUT2D eigenvalue weighted by atomic mass is 35.5. The van der Waals surface area contributed by atoms with Crippen molar-refractivity contribution < 1.29 is 4.74 Å². The molecule has 25 heavy (non-hydrogen) atoms. The van der Waals surface area contributed by atoms with E-state index in [1.807, 2.05) is 42.6 Å². The van der Waals surface area contributed by atoms with Crippen LogP contribution >= 0.6 is 11.6 Å². The van der Waals surface area contributed by atoms with Gasteiger partial charge in [-0.3, -0.25) is 0 Å². The van der Waals surface area contributed by atoms with Crippen LogP contribution in [0.1, 0.15) is 0 Å². The van der Waals surface area contributed by atoms with E-state index in [1.54, 1.807) is 19.5 Å². The standard InChI is InChI=1S/C18H14ClN5O/c1-25-15-6-8-20-17-16(15)13(10-22-17)14-5-7-21-18(24-14)23-12-4-2-3-11(19)9-12/h2-10H,1H3,(H,20,22)(H,21,23,24). The van der Waals surface area contributed by atoms with Gasteiger partial charge in [-0.25, -0.2) is 15.0 Å². The van der Waals surface area contributed by atoms with Gasteiger partial charge in [0.25, 0.3) is 0 Å². The SMILES string of the molecule is COc1ccnc2[nH]cc(-c3ccnc(Nc4cccc(Cl)c4)n3)c12. The molecule has 0 atom stereocenters. The van der Waals surface area contributed by atoms with Crippen LogP contribution in [0, 0.1) is 0 Å². The number of H-pyrrole nitrogens is 1. The van der Waals surface area contributed by atoms with Crippen molar-refractivity contribution in [2.24, 2.45) is 0 Å². The molecule has 0 spiro atoms. The second kappa shape index (κ2) is 6.41. The van der Waals surface area contributed by atoms with Crippen molar-refractivity contribution in [3.8, 4) is 17.0 Å². The third-order valence-corrected chi connectivity index (χ3v) is 4.00. The Hall–Kier alpha value is -3.12. The number of ether oxygens (including phenoxy) is 1.